The van der Waals surface area contributed by atoms with E-state index in [4.69, 9.17) is 0 Å². The number of hydrazone groups is 1. The van der Waals surface area contributed by atoms with Crippen molar-refractivity contribution >= 4 is 29.1 Å². The van der Waals surface area contributed by atoms with E-state index >= 15 is 0 Å². The van der Waals surface area contributed by atoms with E-state index in [2.05, 4.69) is 5.10 Å². The van der Waals surface area contributed by atoms with Crippen LogP contribution in [0.4, 0.5) is 11.4 Å². The third-order valence-corrected chi connectivity index (χ3v) is 5.67. The van der Waals surface area contributed by atoms with Gasteiger partial charge in [0.15, 0.2) is 0 Å². The quantitative estimate of drug-likeness (QED) is 0.527. The third kappa shape index (κ3) is 3.94. The monoisotopic (exact) mass is 420 g/mol. The zero-order valence-corrected chi connectivity index (χ0v) is 16.8. The predicted octanol–water partition coefficient (Wildman–Crippen LogP) is 4.65. The number of carbonyl (C=O) groups excluding carboxylic acids is 1. The molecule has 1 heterocycles. The van der Waals surface area contributed by atoms with Crippen LogP contribution in [0.5, 0.6) is 0 Å². The average molecular weight is 420 g/mol. The topological polar surface area (TPSA) is 119 Å². The summed E-state index contributed by atoms with van der Waals surface area (Å²) < 4.78 is 0. The highest BCUT2D eigenvalue weighted by atomic mass is 16.6. The zero-order valence-electron chi connectivity index (χ0n) is 16.8. The van der Waals surface area contributed by atoms with Crippen LogP contribution in [0, 0.1) is 26.1 Å². The van der Waals surface area contributed by atoms with E-state index in [0.29, 0.717) is 11.1 Å². The lowest BCUT2D eigenvalue weighted by Gasteiger charge is -2.29. The number of carbonyl (C=O) groups is 1. The van der Waals surface area contributed by atoms with Gasteiger partial charge in [0.1, 0.15) is 0 Å². The van der Waals surface area contributed by atoms with Crippen LogP contribution in [0.15, 0.2) is 59.2 Å². The van der Waals surface area contributed by atoms with E-state index in [9.17, 15) is 25.0 Å². The molecule has 0 radical (unpaired) electrons. The summed E-state index contributed by atoms with van der Waals surface area (Å²) in [6.45, 7) is 1.43. The molecule has 2 aromatic carbocycles. The zero-order chi connectivity index (χ0) is 22.1. The number of allylic oxidation sites excluding steroid dienone is 1. The molecular formula is C22H20N4O5. The molecule has 1 saturated carbocycles. The minimum atomic E-state index is -0.452. The van der Waals surface area contributed by atoms with E-state index < -0.39 is 15.9 Å². The summed E-state index contributed by atoms with van der Waals surface area (Å²) in [6, 6.07) is 12.3. The number of fused-ring (bicyclic) bond motifs is 1. The summed E-state index contributed by atoms with van der Waals surface area (Å²) in [7, 11) is 0. The minimum Gasteiger partial charge on any atom is -0.273 e. The molecule has 0 saturated heterocycles. The molecule has 4 rings (SSSR count). The molecular weight excluding hydrogens is 400 g/mol. The van der Waals surface area contributed by atoms with Gasteiger partial charge in [0, 0.05) is 37.1 Å². The van der Waals surface area contributed by atoms with Crippen molar-refractivity contribution in [3.8, 4) is 0 Å². The van der Waals surface area contributed by atoms with Gasteiger partial charge in [0.2, 0.25) is 5.91 Å². The first kappa shape index (κ1) is 20.4. The second kappa shape index (κ2) is 8.10. The van der Waals surface area contributed by atoms with Crippen molar-refractivity contribution in [3.05, 3.63) is 85.5 Å². The second-order valence-corrected chi connectivity index (χ2v) is 7.67. The fourth-order valence-corrected chi connectivity index (χ4v) is 4.35. The Morgan fingerprint density at radius 1 is 1.10 bits per heavy atom. The summed E-state index contributed by atoms with van der Waals surface area (Å²) in [5, 5.41) is 28.3. The highest BCUT2D eigenvalue weighted by Gasteiger charge is 2.43. The van der Waals surface area contributed by atoms with Gasteiger partial charge in [0.05, 0.1) is 21.6 Å². The van der Waals surface area contributed by atoms with Gasteiger partial charge in [-0.2, -0.15) is 5.10 Å². The Labute approximate surface area is 178 Å². The highest BCUT2D eigenvalue weighted by molar-refractivity contribution is 6.08. The number of nitro benzene ring substituents is 2. The molecule has 0 spiro atoms. The van der Waals surface area contributed by atoms with Crippen molar-refractivity contribution in [3.63, 3.8) is 0 Å². The molecule has 0 N–H and O–H groups in total. The molecule has 2 atom stereocenters. The van der Waals surface area contributed by atoms with Crippen molar-refractivity contribution in [2.45, 2.75) is 32.2 Å². The van der Waals surface area contributed by atoms with Crippen LogP contribution in [0.25, 0.3) is 6.08 Å². The first-order chi connectivity index (χ1) is 14.8. The largest absolute Gasteiger partial charge is 0.273 e. The number of benzene rings is 2. The van der Waals surface area contributed by atoms with Crippen molar-refractivity contribution in [2.24, 2.45) is 11.0 Å². The first-order valence-corrected chi connectivity index (χ1v) is 9.93. The standard InChI is InChI=1S/C22H20N4O5/c1-14(27)24-22(17-7-3-9-19(13-17)26(30)31)20-10-4-6-16(21(20)23-24)11-15-5-2-8-18(12-15)25(28)29/h2-3,5,7-9,11-13,20,22H,4,6,10H2,1H3/b16-11+. The van der Waals surface area contributed by atoms with E-state index in [1.165, 1.54) is 36.2 Å². The van der Waals surface area contributed by atoms with E-state index in [1.54, 1.807) is 24.3 Å². The maximum absolute atomic E-state index is 12.4. The molecule has 1 fully saturated rings. The summed E-state index contributed by atoms with van der Waals surface area (Å²) >= 11 is 0. The number of nitrogens with zero attached hydrogens (tertiary/aromatic N) is 4. The molecule has 2 aromatic rings. The average Bonchev–Trinajstić information content (AvgIpc) is 3.15. The Morgan fingerprint density at radius 2 is 1.77 bits per heavy atom. The van der Waals surface area contributed by atoms with Gasteiger partial charge in [-0.3, -0.25) is 25.0 Å². The maximum atomic E-state index is 12.4. The minimum absolute atomic E-state index is 0.00917. The van der Waals surface area contributed by atoms with Crippen molar-refractivity contribution in [1.29, 1.82) is 0 Å². The molecule has 0 bridgehead atoms. The molecule has 1 aliphatic heterocycles. The summed E-state index contributed by atoms with van der Waals surface area (Å²) in [5.41, 5.74) is 3.04. The Morgan fingerprint density at radius 3 is 2.45 bits per heavy atom. The smallest absolute Gasteiger partial charge is 0.270 e. The molecule has 1 aliphatic carbocycles. The van der Waals surface area contributed by atoms with Crippen LogP contribution in [0.3, 0.4) is 0 Å². The summed E-state index contributed by atoms with van der Waals surface area (Å²) in [5.74, 6) is -0.335. The number of hydrogen-bond donors (Lipinski definition) is 0. The van der Waals surface area contributed by atoms with Gasteiger partial charge < -0.3 is 0 Å². The van der Waals surface area contributed by atoms with E-state index in [-0.39, 0.29) is 23.2 Å². The molecule has 158 valence electrons. The van der Waals surface area contributed by atoms with Crippen molar-refractivity contribution < 1.29 is 14.6 Å². The lowest BCUT2D eigenvalue weighted by atomic mass is 9.77. The Balaban J connectivity index is 1.74. The number of rotatable bonds is 4. The van der Waals surface area contributed by atoms with Crippen LogP contribution in [-0.4, -0.2) is 26.5 Å². The van der Waals surface area contributed by atoms with Gasteiger partial charge in [-0.05, 0) is 42.0 Å². The SMILES string of the molecule is CC(=O)N1N=C2/C(=C/c3cccc([N+](=O)[O-])c3)CCCC2C1c1cccc([N+](=O)[O-])c1. The van der Waals surface area contributed by atoms with Crippen LogP contribution >= 0.6 is 0 Å². The Hall–Kier alpha value is -3.88. The fraction of sp³-hybridized carbons (Fsp3) is 0.273. The van der Waals surface area contributed by atoms with E-state index in [0.717, 1.165) is 30.5 Å². The van der Waals surface area contributed by atoms with Crippen LogP contribution in [-0.2, 0) is 4.79 Å². The van der Waals surface area contributed by atoms with Gasteiger partial charge in [-0.15, -0.1) is 0 Å². The normalized spacial score (nSPS) is 21.5. The molecule has 0 aromatic heterocycles. The van der Waals surface area contributed by atoms with Crippen LogP contribution < -0.4 is 0 Å². The van der Waals surface area contributed by atoms with Crippen molar-refractivity contribution in [1.82, 2.24) is 5.01 Å². The van der Waals surface area contributed by atoms with Crippen molar-refractivity contribution in [2.75, 3.05) is 0 Å². The van der Waals surface area contributed by atoms with Gasteiger partial charge >= 0.3 is 0 Å². The van der Waals surface area contributed by atoms with Gasteiger partial charge in [-0.1, -0.05) is 24.3 Å². The number of non-ortho nitro benzene ring substituents is 2. The molecule has 9 heteroatoms. The Bertz CT molecular complexity index is 1140. The number of nitro groups is 2. The lowest BCUT2D eigenvalue weighted by Crippen LogP contribution is -2.30. The molecule has 9 nitrogen and oxygen atoms in total. The molecule has 2 unspecified atom stereocenters. The Kier molecular flexibility index (Phi) is 5.33. The highest BCUT2D eigenvalue weighted by Crippen LogP contribution is 2.44. The second-order valence-electron chi connectivity index (χ2n) is 7.67. The third-order valence-electron chi connectivity index (χ3n) is 5.67. The fourth-order valence-electron chi connectivity index (χ4n) is 4.35. The van der Waals surface area contributed by atoms with Crippen LogP contribution in [0.1, 0.15) is 43.4 Å². The van der Waals surface area contributed by atoms with Crippen LogP contribution in [0.2, 0.25) is 0 Å². The number of amides is 1. The molecule has 1 amide bonds. The van der Waals surface area contributed by atoms with E-state index in [1.807, 2.05) is 6.08 Å². The van der Waals surface area contributed by atoms with Gasteiger partial charge in [0.25, 0.3) is 11.4 Å². The predicted molar refractivity (Wildman–Crippen MR) is 114 cm³/mol. The maximum Gasteiger partial charge on any atom is 0.270 e. The summed E-state index contributed by atoms with van der Waals surface area (Å²) in [6.07, 6.45) is 4.28. The number of hydrogen-bond acceptors (Lipinski definition) is 6. The first-order valence-electron chi connectivity index (χ1n) is 9.93. The molecule has 2 aliphatic rings. The van der Waals surface area contributed by atoms with Gasteiger partial charge in [-0.25, -0.2) is 5.01 Å². The molecule has 31 heavy (non-hydrogen) atoms. The summed E-state index contributed by atoms with van der Waals surface area (Å²) in [4.78, 5) is 33.8. The lowest BCUT2D eigenvalue weighted by molar-refractivity contribution is -0.385.